The molecule has 13 heteroatoms. The zero-order valence-corrected chi connectivity index (χ0v) is 20.5. The van der Waals surface area contributed by atoms with Gasteiger partial charge in [-0.05, 0) is 12.1 Å². The Balaban J connectivity index is 1.34. The van der Waals surface area contributed by atoms with Crippen molar-refractivity contribution in [2.45, 2.75) is 6.54 Å². The van der Waals surface area contributed by atoms with Gasteiger partial charge >= 0.3 is 0 Å². The van der Waals surface area contributed by atoms with Crippen molar-refractivity contribution in [1.82, 2.24) is 34.9 Å². The fourth-order valence-electron chi connectivity index (χ4n) is 4.27. The molecule has 0 unspecified atom stereocenters. The number of nitrogen functional groups attached to an aromatic ring is 1. The van der Waals surface area contributed by atoms with E-state index in [1.165, 1.54) is 4.90 Å². The Hall–Kier alpha value is -3.74. The molecule has 0 spiro atoms. The summed E-state index contributed by atoms with van der Waals surface area (Å²) >= 11 is 6.40. The second-order valence-electron chi connectivity index (χ2n) is 8.60. The number of nitrogens with zero attached hydrogens (tertiary/aromatic N) is 6. The average molecular weight is 512 g/mol. The molecule has 0 radical (unpaired) electrons. The van der Waals surface area contributed by atoms with Crippen molar-refractivity contribution in [3.8, 4) is 0 Å². The van der Waals surface area contributed by atoms with Gasteiger partial charge in [0.25, 0.3) is 11.8 Å². The number of fused-ring (bicyclic) bond motifs is 1. The summed E-state index contributed by atoms with van der Waals surface area (Å²) in [6, 6.07) is 1.68. The zero-order chi connectivity index (χ0) is 25.2. The van der Waals surface area contributed by atoms with Crippen LogP contribution in [0, 0.1) is 0 Å². The van der Waals surface area contributed by atoms with E-state index in [0.717, 1.165) is 25.2 Å². The first-order valence-electron chi connectivity index (χ1n) is 11.5. The number of H-pyrrole nitrogens is 1. The predicted molar refractivity (Wildman–Crippen MR) is 134 cm³/mol. The molecule has 0 aliphatic carbocycles. The van der Waals surface area contributed by atoms with Crippen molar-refractivity contribution in [2.24, 2.45) is 7.05 Å². The van der Waals surface area contributed by atoms with Crippen LogP contribution in [0.15, 0.2) is 24.7 Å². The van der Waals surface area contributed by atoms with E-state index in [1.807, 2.05) is 6.20 Å². The number of anilines is 2. The number of nitrogens with two attached hydrogens (primary N) is 1. The van der Waals surface area contributed by atoms with Crippen LogP contribution in [0.2, 0.25) is 5.15 Å². The molecule has 5 rings (SSSR count). The van der Waals surface area contributed by atoms with E-state index >= 15 is 0 Å². The Bertz CT molecular complexity index is 1330. The molecule has 1 fully saturated rings. The molecule has 36 heavy (non-hydrogen) atoms. The number of amides is 2. The second-order valence-corrected chi connectivity index (χ2v) is 8.95. The first-order valence-corrected chi connectivity index (χ1v) is 11.9. The highest BCUT2D eigenvalue weighted by Gasteiger charge is 2.37. The number of carbonyl (C=O) groups excluding carboxylic acids is 2. The molecule has 0 aromatic carbocycles. The van der Waals surface area contributed by atoms with E-state index in [1.54, 1.807) is 36.3 Å². The molecule has 3 aromatic heterocycles. The number of hydrogen-bond acceptors (Lipinski definition) is 8. The monoisotopic (exact) mass is 511 g/mol. The molecule has 2 aliphatic heterocycles. The van der Waals surface area contributed by atoms with Crippen LogP contribution in [0.3, 0.4) is 0 Å². The third-order valence-electron chi connectivity index (χ3n) is 6.05. The lowest BCUT2D eigenvalue weighted by Crippen LogP contribution is -2.41. The standard InChI is InChI=1S/C23H26ClN9O3/c1-31-12-14(10-28-31)13-33-20-18(19(24)29-23(25)30-20)17(22(33)35)9-16-8-15(11-27-16)21(34)26-2-3-32-4-6-36-7-5-32/h8-12,27H,2-7,13H2,1H3,(H,26,34)(H2,25,29,30)/b17-9+. The maximum absolute atomic E-state index is 13.4. The lowest BCUT2D eigenvalue weighted by atomic mass is 10.1. The molecular formula is C23H26ClN9O3. The lowest BCUT2D eigenvalue weighted by molar-refractivity contribution is -0.113. The SMILES string of the molecule is Cn1cc(CN2C(=O)/C(=C/c3cc(C(=O)NCCN4CCOCC4)c[nH]3)c3c(Cl)nc(N)nc32)cn1. The summed E-state index contributed by atoms with van der Waals surface area (Å²) in [7, 11) is 1.80. The van der Waals surface area contributed by atoms with Crippen LogP contribution < -0.4 is 16.0 Å². The number of ether oxygens (including phenoxy) is 1. The van der Waals surface area contributed by atoms with Gasteiger partial charge in [0.05, 0.1) is 42.7 Å². The first kappa shape index (κ1) is 24.0. The average Bonchev–Trinajstić information content (AvgIpc) is 3.55. The molecule has 3 aromatic rings. The zero-order valence-electron chi connectivity index (χ0n) is 19.7. The van der Waals surface area contributed by atoms with Crippen LogP contribution in [0.5, 0.6) is 0 Å². The van der Waals surface area contributed by atoms with Crippen LogP contribution in [-0.2, 0) is 23.1 Å². The summed E-state index contributed by atoms with van der Waals surface area (Å²) < 4.78 is 7.00. The Labute approximate surface area is 212 Å². The Kier molecular flexibility index (Phi) is 6.72. The normalized spacial score (nSPS) is 17.1. The number of halogens is 1. The highest BCUT2D eigenvalue weighted by atomic mass is 35.5. The third kappa shape index (κ3) is 4.96. The third-order valence-corrected chi connectivity index (χ3v) is 6.32. The molecule has 0 atom stereocenters. The van der Waals surface area contributed by atoms with Crippen LogP contribution in [0.4, 0.5) is 11.8 Å². The number of aromatic nitrogens is 5. The number of rotatable bonds is 7. The van der Waals surface area contributed by atoms with Gasteiger partial charge in [0.2, 0.25) is 5.95 Å². The molecular weight excluding hydrogens is 486 g/mol. The van der Waals surface area contributed by atoms with Gasteiger partial charge in [-0.1, -0.05) is 11.6 Å². The molecule has 2 amide bonds. The van der Waals surface area contributed by atoms with Gasteiger partial charge in [-0.15, -0.1) is 0 Å². The fourth-order valence-corrected chi connectivity index (χ4v) is 4.54. The van der Waals surface area contributed by atoms with Gasteiger partial charge in [0, 0.05) is 56.9 Å². The highest BCUT2D eigenvalue weighted by molar-refractivity contribution is 6.41. The van der Waals surface area contributed by atoms with Crippen LogP contribution in [0.25, 0.3) is 11.6 Å². The van der Waals surface area contributed by atoms with Crippen LogP contribution in [0.1, 0.15) is 27.2 Å². The van der Waals surface area contributed by atoms with E-state index in [-0.39, 0.29) is 29.5 Å². The maximum atomic E-state index is 13.4. The van der Waals surface area contributed by atoms with E-state index in [4.69, 9.17) is 22.1 Å². The smallest absolute Gasteiger partial charge is 0.260 e. The van der Waals surface area contributed by atoms with E-state index in [2.05, 4.69) is 30.3 Å². The Morgan fingerprint density at radius 3 is 2.89 bits per heavy atom. The number of aromatic amines is 1. The molecule has 0 bridgehead atoms. The maximum Gasteiger partial charge on any atom is 0.260 e. The largest absolute Gasteiger partial charge is 0.379 e. The number of aryl methyl sites for hydroxylation is 1. The minimum atomic E-state index is -0.304. The van der Waals surface area contributed by atoms with E-state index < -0.39 is 0 Å². The topological polar surface area (TPSA) is 147 Å². The molecule has 12 nitrogen and oxygen atoms in total. The van der Waals surface area contributed by atoms with Crippen molar-refractivity contribution >= 4 is 46.8 Å². The van der Waals surface area contributed by atoms with E-state index in [0.29, 0.717) is 48.0 Å². The van der Waals surface area contributed by atoms with E-state index in [9.17, 15) is 9.59 Å². The van der Waals surface area contributed by atoms with Gasteiger partial charge in [0.1, 0.15) is 5.15 Å². The van der Waals surface area contributed by atoms with Crippen molar-refractivity contribution in [3.63, 3.8) is 0 Å². The van der Waals surface area contributed by atoms with Gasteiger partial charge in [-0.2, -0.15) is 10.1 Å². The minimum Gasteiger partial charge on any atom is -0.379 e. The Morgan fingerprint density at radius 1 is 1.33 bits per heavy atom. The van der Waals surface area contributed by atoms with Gasteiger partial charge < -0.3 is 20.8 Å². The number of carbonyl (C=O) groups is 2. The molecule has 5 heterocycles. The highest BCUT2D eigenvalue weighted by Crippen LogP contribution is 2.41. The predicted octanol–water partition coefficient (Wildman–Crippen LogP) is 0.923. The lowest BCUT2D eigenvalue weighted by Gasteiger charge is -2.26. The fraction of sp³-hybridized carbons (Fsp3) is 0.348. The van der Waals surface area contributed by atoms with Gasteiger partial charge in [-0.3, -0.25) is 24.1 Å². The summed E-state index contributed by atoms with van der Waals surface area (Å²) in [5.74, 6) is -0.198. The summed E-state index contributed by atoms with van der Waals surface area (Å²) in [5, 5.41) is 7.17. The van der Waals surface area contributed by atoms with Crippen molar-refractivity contribution in [3.05, 3.63) is 52.2 Å². The minimum absolute atomic E-state index is 0.0279. The van der Waals surface area contributed by atoms with Crippen LogP contribution >= 0.6 is 11.6 Å². The first-order chi connectivity index (χ1) is 17.4. The van der Waals surface area contributed by atoms with Crippen molar-refractivity contribution < 1.29 is 14.3 Å². The number of nitrogens with one attached hydrogen (secondary N) is 2. The molecule has 0 saturated carbocycles. The van der Waals surface area contributed by atoms with Crippen molar-refractivity contribution in [2.75, 3.05) is 50.0 Å². The number of hydrogen-bond donors (Lipinski definition) is 3. The van der Waals surface area contributed by atoms with Crippen LogP contribution in [-0.4, -0.2) is 80.8 Å². The molecule has 188 valence electrons. The van der Waals surface area contributed by atoms with Crippen molar-refractivity contribution in [1.29, 1.82) is 0 Å². The van der Waals surface area contributed by atoms with Gasteiger partial charge in [-0.25, -0.2) is 4.98 Å². The quantitative estimate of drug-likeness (QED) is 0.313. The summed E-state index contributed by atoms with van der Waals surface area (Å²) in [6.07, 6.45) is 6.73. The Morgan fingerprint density at radius 2 is 2.14 bits per heavy atom. The second kappa shape index (κ2) is 10.1. The molecule has 2 aliphatic rings. The van der Waals surface area contributed by atoms with Gasteiger partial charge in [0.15, 0.2) is 5.82 Å². The summed E-state index contributed by atoms with van der Waals surface area (Å²) in [5.41, 5.74) is 8.37. The molecule has 4 N–H and O–H groups in total. The summed E-state index contributed by atoms with van der Waals surface area (Å²) in [4.78, 5) is 41.1. The summed E-state index contributed by atoms with van der Waals surface area (Å²) in [6.45, 7) is 4.69. The number of morpholine rings is 1. The molecule has 1 saturated heterocycles.